The molecule has 11 heteroatoms. The van der Waals surface area contributed by atoms with Crippen LogP contribution in [0, 0.1) is 0 Å². The lowest BCUT2D eigenvalue weighted by Gasteiger charge is -2.43. The van der Waals surface area contributed by atoms with Crippen molar-refractivity contribution >= 4 is 40.1 Å². The zero-order valence-corrected chi connectivity index (χ0v) is 18.3. The second-order valence-electron chi connectivity index (χ2n) is 8.08. The average Bonchev–Trinajstić information content (AvgIpc) is 2.88. The molecule has 7 heterocycles. The van der Waals surface area contributed by atoms with E-state index in [0.29, 0.717) is 29.6 Å². The number of hydrogen-bond donors (Lipinski definition) is 2. The van der Waals surface area contributed by atoms with Gasteiger partial charge in [-0.25, -0.2) is 24.9 Å². The summed E-state index contributed by atoms with van der Waals surface area (Å²) in [6.07, 6.45) is 4.80. The molecule has 0 saturated carbocycles. The van der Waals surface area contributed by atoms with Crippen LogP contribution >= 0.6 is 0 Å². The third-order valence-electron chi connectivity index (χ3n) is 6.08. The molecule has 1 atom stereocenters. The van der Waals surface area contributed by atoms with Gasteiger partial charge in [-0.3, -0.25) is 4.79 Å². The fourth-order valence-electron chi connectivity index (χ4n) is 4.38. The molecule has 1 saturated heterocycles. The minimum atomic E-state index is -0.525. The number of methoxy groups -OCH3 is 1. The van der Waals surface area contributed by atoms with Gasteiger partial charge in [-0.15, -0.1) is 0 Å². The summed E-state index contributed by atoms with van der Waals surface area (Å²) in [5.41, 5.74) is 7.22. The predicted molar refractivity (Wildman–Crippen MR) is 127 cm³/mol. The quantitative estimate of drug-likeness (QED) is 0.459. The standard InChI is InChI=1S/C23H21N9O2/c1-34-18-12-31-8-9-32(18)23-19-15(5-7-26-23)22(31)30-21(29-19)13-4-6-25-17(10-13)28-16-3-2-14(11-27-16)20(24)33/h2-7,10-11,18H,8-9,12H2,1H3,(H2,24,33)(H,25,27,28). The van der Waals surface area contributed by atoms with Crippen LogP contribution in [0.3, 0.4) is 0 Å². The Balaban J connectivity index is 1.40. The monoisotopic (exact) mass is 455 g/mol. The average molecular weight is 455 g/mol. The maximum absolute atomic E-state index is 11.3. The molecule has 11 nitrogen and oxygen atoms in total. The highest BCUT2D eigenvalue weighted by Crippen LogP contribution is 2.37. The first kappa shape index (κ1) is 20.2. The number of carbonyl (C=O) groups is 1. The molecule has 4 aromatic heterocycles. The first-order valence-corrected chi connectivity index (χ1v) is 10.8. The van der Waals surface area contributed by atoms with Crippen LogP contribution in [-0.4, -0.2) is 63.8 Å². The van der Waals surface area contributed by atoms with Crippen LogP contribution in [0.15, 0.2) is 48.9 Å². The van der Waals surface area contributed by atoms with E-state index in [1.54, 1.807) is 31.6 Å². The third-order valence-corrected chi connectivity index (χ3v) is 6.08. The summed E-state index contributed by atoms with van der Waals surface area (Å²) in [5, 5.41) is 4.11. The molecule has 0 aromatic carbocycles. The summed E-state index contributed by atoms with van der Waals surface area (Å²) in [4.78, 5) is 38.8. The molecule has 3 aliphatic heterocycles. The second-order valence-corrected chi connectivity index (χ2v) is 8.08. The number of nitrogens with zero attached hydrogens (tertiary/aromatic N) is 7. The number of pyridine rings is 3. The number of fused-ring (bicyclic) bond motifs is 2. The van der Waals surface area contributed by atoms with Crippen molar-refractivity contribution in [2.75, 3.05) is 41.9 Å². The van der Waals surface area contributed by atoms with E-state index in [-0.39, 0.29) is 6.23 Å². The van der Waals surface area contributed by atoms with Gasteiger partial charge in [0.15, 0.2) is 11.6 Å². The summed E-state index contributed by atoms with van der Waals surface area (Å²) >= 11 is 0. The molecular formula is C23H21N9O2. The summed E-state index contributed by atoms with van der Waals surface area (Å²) in [5.74, 6) is 2.85. The Morgan fingerprint density at radius 1 is 1.06 bits per heavy atom. The zero-order valence-electron chi connectivity index (χ0n) is 18.3. The summed E-state index contributed by atoms with van der Waals surface area (Å²) in [6, 6.07) is 8.98. The molecule has 6 bridgehead atoms. The van der Waals surface area contributed by atoms with Crippen LogP contribution in [-0.2, 0) is 4.74 Å². The number of anilines is 4. The molecule has 0 radical (unpaired) electrons. The van der Waals surface area contributed by atoms with Gasteiger partial charge in [0.05, 0.1) is 12.1 Å². The SMILES string of the molecule is COC1CN2CCN1c1nccc3c2nc(-c2ccnc(Nc4ccc(C(N)=O)cn4)c2)nc13. The normalized spacial score (nSPS) is 16.6. The zero-order chi connectivity index (χ0) is 23.2. The number of amides is 1. The van der Waals surface area contributed by atoms with Crippen molar-refractivity contribution in [2.45, 2.75) is 6.23 Å². The molecule has 3 N–H and O–H groups in total. The Bertz CT molecular complexity index is 1410. The van der Waals surface area contributed by atoms with Crippen molar-refractivity contribution < 1.29 is 9.53 Å². The highest BCUT2D eigenvalue weighted by molar-refractivity contribution is 5.98. The van der Waals surface area contributed by atoms with Crippen molar-refractivity contribution in [3.05, 3.63) is 54.5 Å². The summed E-state index contributed by atoms with van der Waals surface area (Å²) in [7, 11) is 1.71. The number of rotatable bonds is 5. The van der Waals surface area contributed by atoms with E-state index in [1.807, 2.05) is 18.2 Å². The van der Waals surface area contributed by atoms with Gasteiger partial charge in [-0.1, -0.05) is 0 Å². The largest absolute Gasteiger partial charge is 0.366 e. The minimum absolute atomic E-state index is 0.109. The van der Waals surface area contributed by atoms with Gasteiger partial charge < -0.3 is 25.6 Å². The second kappa shape index (κ2) is 7.89. The van der Waals surface area contributed by atoms with E-state index >= 15 is 0 Å². The van der Waals surface area contributed by atoms with Crippen LogP contribution in [0.1, 0.15) is 10.4 Å². The fraction of sp³-hybridized carbons (Fsp3) is 0.217. The number of piperazine rings is 1. The molecule has 4 aromatic rings. The van der Waals surface area contributed by atoms with Crippen LogP contribution in [0.25, 0.3) is 22.3 Å². The predicted octanol–water partition coefficient (Wildman–Crippen LogP) is 1.94. The van der Waals surface area contributed by atoms with Gasteiger partial charge >= 0.3 is 0 Å². The molecule has 0 spiro atoms. The number of nitrogens with one attached hydrogen (secondary N) is 1. The molecule has 1 fully saturated rings. The lowest BCUT2D eigenvalue weighted by molar-refractivity contribution is 0.0952. The summed E-state index contributed by atoms with van der Waals surface area (Å²) < 4.78 is 5.73. The van der Waals surface area contributed by atoms with Gasteiger partial charge in [0.1, 0.15) is 29.2 Å². The number of aromatic nitrogens is 5. The van der Waals surface area contributed by atoms with Gasteiger partial charge in [-0.2, -0.15) is 0 Å². The topological polar surface area (TPSA) is 135 Å². The van der Waals surface area contributed by atoms with Gasteiger partial charge in [0.2, 0.25) is 5.91 Å². The Morgan fingerprint density at radius 2 is 1.94 bits per heavy atom. The van der Waals surface area contributed by atoms with E-state index in [4.69, 9.17) is 20.4 Å². The molecule has 34 heavy (non-hydrogen) atoms. The highest BCUT2D eigenvalue weighted by Gasteiger charge is 2.34. The van der Waals surface area contributed by atoms with E-state index in [0.717, 1.165) is 41.2 Å². The number of ether oxygens (including phenoxy) is 1. The molecule has 1 amide bonds. The molecule has 0 aliphatic carbocycles. The molecule has 3 aliphatic rings. The molecule has 1 unspecified atom stereocenters. The van der Waals surface area contributed by atoms with Crippen molar-refractivity contribution in [2.24, 2.45) is 5.73 Å². The number of hydrogen-bond acceptors (Lipinski definition) is 10. The highest BCUT2D eigenvalue weighted by atomic mass is 16.5. The summed E-state index contributed by atoms with van der Waals surface area (Å²) in [6.45, 7) is 2.31. The van der Waals surface area contributed by atoms with E-state index < -0.39 is 5.91 Å². The van der Waals surface area contributed by atoms with Crippen molar-refractivity contribution in [3.63, 3.8) is 0 Å². The third kappa shape index (κ3) is 3.33. The van der Waals surface area contributed by atoms with Gasteiger partial charge in [0.25, 0.3) is 0 Å². The van der Waals surface area contributed by atoms with Crippen LogP contribution < -0.4 is 20.9 Å². The Labute approximate surface area is 194 Å². The lowest BCUT2D eigenvalue weighted by atomic mass is 10.1. The smallest absolute Gasteiger partial charge is 0.250 e. The minimum Gasteiger partial charge on any atom is -0.366 e. The van der Waals surface area contributed by atoms with Crippen molar-refractivity contribution in [1.82, 2.24) is 24.9 Å². The van der Waals surface area contributed by atoms with Gasteiger partial charge in [-0.05, 0) is 30.3 Å². The molecule has 7 rings (SSSR count). The molecular weight excluding hydrogens is 434 g/mol. The van der Waals surface area contributed by atoms with E-state index in [2.05, 4.69) is 30.1 Å². The number of primary amides is 1. The van der Waals surface area contributed by atoms with Crippen molar-refractivity contribution in [3.8, 4) is 11.4 Å². The van der Waals surface area contributed by atoms with E-state index in [1.165, 1.54) is 6.20 Å². The van der Waals surface area contributed by atoms with Crippen LogP contribution in [0.4, 0.5) is 23.3 Å². The van der Waals surface area contributed by atoms with Crippen LogP contribution in [0.2, 0.25) is 0 Å². The number of carbonyl (C=O) groups excluding carboxylic acids is 1. The van der Waals surface area contributed by atoms with Gasteiger partial charge in [0, 0.05) is 49.7 Å². The fourth-order valence-corrected chi connectivity index (χ4v) is 4.38. The molecule has 170 valence electrons. The first-order valence-electron chi connectivity index (χ1n) is 10.8. The number of nitrogens with two attached hydrogens (primary N) is 1. The first-order chi connectivity index (χ1) is 16.6. The maximum Gasteiger partial charge on any atom is 0.250 e. The maximum atomic E-state index is 11.3. The Morgan fingerprint density at radius 3 is 2.74 bits per heavy atom. The van der Waals surface area contributed by atoms with Crippen molar-refractivity contribution in [1.29, 1.82) is 0 Å². The van der Waals surface area contributed by atoms with Crippen LogP contribution in [0.5, 0.6) is 0 Å². The Hall–Kier alpha value is -4.38. The lowest BCUT2D eigenvalue weighted by Crippen LogP contribution is -2.55. The Kier molecular flexibility index (Phi) is 4.69. The van der Waals surface area contributed by atoms with E-state index in [9.17, 15) is 4.79 Å².